The molecule has 2 rings (SSSR count). The first kappa shape index (κ1) is 11.5. The number of benzene rings is 1. The van der Waals surface area contributed by atoms with E-state index in [2.05, 4.69) is 10.3 Å². The third-order valence-electron chi connectivity index (χ3n) is 2.90. The predicted octanol–water partition coefficient (Wildman–Crippen LogP) is 2.35. The van der Waals surface area contributed by atoms with E-state index in [1.54, 1.807) is 12.3 Å². The van der Waals surface area contributed by atoms with E-state index in [-0.39, 0.29) is 0 Å². The molecule has 0 spiro atoms. The number of imidazole rings is 1. The molecule has 0 fully saturated rings. The largest absolute Gasteiger partial charge is 0.508 e. The number of hydrogen-bond acceptors (Lipinski definition) is 3. The topological polar surface area (TPSA) is 50.1 Å². The summed E-state index contributed by atoms with van der Waals surface area (Å²) in [4.78, 5) is 4.25. The number of hydrogen-bond donors (Lipinski definition) is 2. The number of rotatable bonds is 3. The number of aromatic nitrogens is 2. The molecule has 0 unspecified atom stereocenters. The van der Waals surface area contributed by atoms with Crippen LogP contribution in [0.2, 0.25) is 0 Å². The fraction of sp³-hybridized carbons (Fsp3) is 0.308. The van der Waals surface area contributed by atoms with Gasteiger partial charge >= 0.3 is 0 Å². The lowest BCUT2D eigenvalue weighted by Crippen LogP contribution is -2.06. The Hall–Kier alpha value is -1.97. The van der Waals surface area contributed by atoms with Gasteiger partial charge in [0, 0.05) is 25.1 Å². The highest BCUT2D eigenvalue weighted by Crippen LogP contribution is 2.25. The molecule has 0 aliphatic rings. The van der Waals surface area contributed by atoms with Crippen LogP contribution in [0.3, 0.4) is 0 Å². The summed E-state index contributed by atoms with van der Waals surface area (Å²) in [5.41, 5.74) is 2.93. The van der Waals surface area contributed by atoms with Crippen LogP contribution in [0.1, 0.15) is 17.0 Å². The average Bonchev–Trinajstić information content (AvgIpc) is 2.68. The van der Waals surface area contributed by atoms with Crippen LogP contribution in [0.25, 0.3) is 0 Å². The fourth-order valence-electron chi connectivity index (χ4n) is 1.73. The molecule has 1 heterocycles. The van der Waals surface area contributed by atoms with Crippen molar-refractivity contribution in [1.82, 2.24) is 9.55 Å². The van der Waals surface area contributed by atoms with E-state index >= 15 is 0 Å². The number of anilines is 1. The Kier molecular flexibility index (Phi) is 3.04. The molecule has 0 bridgehead atoms. The zero-order chi connectivity index (χ0) is 12.4. The van der Waals surface area contributed by atoms with Gasteiger partial charge in [0.15, 0.2) is 0 Å². The molecule has 1 aromatic heterocycles. The van der Waals surface area contributed by atoms with Crippen LogP contribution in [0.5, 0.6) is 5.75 Å². The van der Waals surface area contributed by atoms with Gasteiger partial charge in [0.2, 0.25) is 0 Å². The minimum Gasteiger partial charge on any atom is -0.508 e. The highest BCUT2D eigenvalue weighted by Gasteiger charge is 2.04. The van der Waals surface area contributed by atoms with Gasteiger partial charge in [0.25, 0.3) is 0 Å². The highest BCUT2D eigenvalue weighted by molar-refractivity contribution is 5.56. The van der Waals surface area contributed by atoms with Crippen molar-refractivity contribution < 1.29 is 5.11 Å². The van der Waals surface area contributed by atoms with Crippen LogP contribution in [-0.2, 0) is 13.6 Å². The average molecular weight is 231 g/mol. The highest BCUT2D eigenvalue weighted by atomic mass is 16.3. The third kappa shape index (κ3) is 2.41. The number of phenolic OH excluding ortho intramolecular Hbond substituents is 1. The number of nitrogens with zero attached hydrogens (tertiary/aromatic N) is 2. The van der Waals surface area contributed by atoms with E-state index in [0.29, 0.717) is 12.3 Å². The van der Waals surface area contributed by atoms with E-state index < -0.39 is 0 Å². The van der Waals surface area contributed by atoms with Gasteiger partial charge in [-0.3, -0.25) is 0 Å². The fourth-order valence-corrected chi connectivity index (χ4v) is 1.73. The van der Waals surface area contributed by atoms with Crippen molar-refractivity contribution in [1.29, 1.82) is 0 Å². The Balaban J connectivity index is 2.14. The summed E-state index contributed by atoms with van der Waals surface area (Å²) in [7, 11) is 1.97. The monoisotopic (exact) mass is 231 g/mol. The van der Waals surface area contributed by atoms with E-state index in [4.69, 9.17) is 0 Å². The van der Waals surface area contributed by atoms with Gasteiger partial charge in [-0.05, 0) is 37.1 Å². The predicted molar refractivity (Wildman–Crippen MR) is 68.1 cm³/mol. The second-order valence-electron chi connectivity index (χ2n) is 4.26. The normalized spacial score (nSPS) is 10.5. The lowest BCUT2D eigenvalue weighted by atomic mass is 10.1. The maximum atomic E-state index is 9.58. The van der Waals surface area contributed by atoms with Crippen LogP contribution in [-0.4, -0.2) is 14.7 Å². The van der Waals surface area contributed by atoms with E-state index in [1.807, 2.05) is 37.7 Å². The summed E-state index contributed by atoms with van der Waals surface area (Å²) in [6.45, 7) is 4.54. The molecule has 0 amide bonds. The number of aryl methyl sites for hydroxylation is 3. The number of phenols is 1. The van der Waals surface area contributed by atoms with Crippen LogP contribution in [0.4, 0.5) is 5.69 Å². The number of nitrogens with one attached hydrogen (secondary N) is 1. The molecule has 0 saturated heterocycles. The molecular formula is C13H17N3O. The molecule has 4 nitrogen and oxygen atoms in total. The third-order valence-corrected chi connectivity index (χ3v) is 2.90. The van der Waals surface area contributed by atoms with Gasteiger partial charge in [0.1, 0.15) is 11.6 Å². The Morgan fingerprint density at radius 3 is 2.71 bits per heavy atom. The lowest BCUT2D eigenvalue weighted by molar-refractivity contribution is 0.471. The van der Waals surface area contributed by atoms with Gasteiger partial charge < -0.3 is 15.0 Å². The molecular weight excluding hydrogens is 214 g/mol. The molecule has 0 aliphatic heterocycles. The molecule has 0 atom stereocenters. The Morgan fingerprint density at radius 2 is 2.06 bits per heavy atom. The quantitative estimate of drug-likeness (QED) is 0.797. The van der Waals surface area contributed by atoms with E-state index in [9.17, 15) is 5.11 Å². The zero-order valence-electron chi connectivity index (χ0n) is 10.4. The van der Waals surface area contributed by atoms with Crippen LogP contribution >= 0.6 is 0 Å². The zero-order valence-corrected chi connectivity index (χ0v) is 10.4. The molecule has 0 saturated carbocycles. The van der Waals surface area contributed by atoms with Gasteiger partial charge in [-0.15, -0.1) is 0 Å². The second-order valence-corrected chi connectivity index (χ2v) is 4.26. The maximum absolute atomic E-state index is 9.58. The smallest absolute Gasteiger partial charge is 0.127 e. The standard InChI is InChI=1S/C13H17N3O/c1-9-7-12(17)10(2)6-11(9)15-8-13-14-4-5-16(13)3/h4-7,15,17H,8H2,1-3H3. The van der Waals surface area contributed by atoms with Crippen molar-refractivity contribution in [2.24, 2.45) is 7.05 Å². The molecule has 2 aromatic rings. The summed E-state index contributed by atoms with van der Waals surface area (Å²) >= 11 is 0. The van der Waals surface area contributed by atoms with Crippen LogP contribution in [0, 0.1) is 13.8 Å². The summed E-state index contributed by atoms with van der Waals surface area (Å²) in [6, 6.07) is 3.73. The Morgan fingerprint density at radius 1 is 1.29 bits per heavy atom. The van der Waals surface area contributed by atoms with Crippen molar-refractivity contribution in [2.75, 3.05) is 5.32 Å². The van der Waals surface area contributed by atoms with Gasteiger partial charge in [0.05, 0.1) is 6.54 Å². The first-order chi connectivity index (χ1) is 8.08. The first-order valence-electron chi connectivity index (χ1n) is 5.58. The summed E-state index contributed by atoms with van der Waals surface area (Å²) in [5, 5.41) is 12.9. The Labute approximate surface area is 101 Å². The second kappa shape index (κ2) is 4.49. The molecule has 90 valence electrons. The molecule has 1 aromatic carbocycles. The SMILES string of the molecule is Cc1cc(NCc2nccn2C)c(C)cc1O. The van der Waals surface area contributed by atoms with Gasteiger partial charge in [-0.25, -0.2) is 4.98 Å². The molecule has 4 heteroatoms. The maximum Gasteiger partial charge on any atom is 0.127 e. The van der Waals surface area contributed by atoms with E-state index in [0.717, 1.165) is 22.6 Å². The summed E-state index contributed by atoms with van der Waals surface area (Å²) in [6.07, 6.45) is 3.71. The van der Waals surface area contributed by atoms with Crippen molar-refractivity contribution in [2.45, 2.75) is 20.4 Å². The molecule has 0 radical (unpaired) electrons. The molecule has 0 aliphatic carbocycles. The van der Waals surface area contributed by atoms with Crippen molar-refractivity contribution in [3.8, 4) is 5.75 Å². The van der Waals surface area contributed by atoms with Crippen molar-refractivity contribution in [3.63, 3.8) is 0 Å². The van der Waals surface area contributed by atoms with Gasteiger partial charge in [-0.1, -0.05) is 0 Å². The lowest BCUT2D eigenvalue weighted by Gasteiger charge is -2.11. The first-order valence-corrected chi connectivity index (χ1v) is 5.58. The summed E-state index contributed by atoms with van der Waals surface area (Å²) in [5.74, 6) is 1.32. The van der Waals surface area contributed by atoms with Crippen molar-refractivity contribution in [3.05, 3.63) is 41.5 Å². The Bertz CT molecular complexity index is 531. The van der Waals surface area contributed by atoms with Crippen LogP contribution < -0.4 is 5.32 Å². The van der Waals surface area contributed by atoms with Gasteiger partial charge in [-0.2, -0.15) is 0 Å². The number of aromatic hydroxyl groups is 1. The minimum absolute atomic E-state index is 0.338. The minimum atomic E-state index is 0.338. The van der Waals surface area contributed by atoms with E-state index in [1.165, 1.54) is 0 Å². The summed E-state index contributed by atoms with van der Waals surface area (Å²) < 4.78 is 1.98. The van der Waals surface area contributed by atoms with Crippen LogP contribution in [0.15, 0.2) is 24.5 Å². The van der Waals surface area contributed by atoms with Crippen molar-refractivity contribution >= 4 is 5.69 Å². The molecule has 17 heavy (non-hydrogen) atoms. The molecule has 2 N–H and O–H groups in total.